The first-order chi connectivity index (χ1) is 16.7. The molecule has 2 heterocycles. The van der Waals surface area contributed by atoms with E-state index in [2.05, 4.69) is 0 Å². The summed E-state index contributed by atoms with van der Waals surface area (Å²) >= 11 is 0. The number of esters is 1. The van der Waals surface area contributed by atoms with Crippen LogP contribution in [0.5, 0.6) is 0 Å². The maximum atomic E-state index is 13.8. The highest BCUT2D eigenvalue weighted by molar-refractivity contribution is 5.88. The smallest absolute Gasteiger partial charge is 0.345 e. The van der Waals surface area contributed by atoms with E-state index in [1.54, 1.807) is 39.2 Å². The second-order valence-electron chi connectivity index (χ2n) is 8.92. The van der Waals surface area contributed by atoms with Gasteiger partial charge in [-0.1, -0.05) is 23.8 Å². The van der Waals surface area contributed by atoms with E-state index in [9.17, 15) is 19.2 Å². The molecule has 0 N–H and O–H groups in total. The second kappa shape index (κ2) is 8.26. The van der Waals surface area contributed by atoms with Crippen LogP contribution in [-0.2, 0) is 25.3 Å². The third-order valence-electron chi connectivity index (χ3n) is 6.81. The number of carbonyl (C=O) groups is 1. The molecule has 180 valence electrons. The number of carbonyl (C=O) groups excluding carboxylic acids is 1. The van der Waals surface area contributed by atoms with Gasteiger partial charge in [-0.15, -0.1) is 0 Å². The van der Waals surface area contributed by atoms with Crippen molar-refractivity contribution in [3.05, 3.63) is 96.2 Å². The first-order valence-electron chi connectivity index (χ1n) is 11.5. The number of fused-ring (bicyclic) bond motifs is 2. The van der Waals surface area contributed by atoms with Gasteiger partial charge in [0.2, 0.25) is 0 Å². The normalized spacial score (nSPS) is 14.9. The molecule has 4 aromatic rings. The number of benzene rings is 2. The lowest BCUT2D eigenvalue weighted by Gasteiger charge is -2.19. The maximum Gasteiger partial charge on any atom is 0.345 e. The maximum absolute atomic E-state index is 13.8. The number of imidazole rings is 1. The van der Waals surface area contributed by atoms with Crippen molar-refractivity contribution in [2.75, 3.05) is 6.61 Å². The molecule has 0 spiro atoms. The van der Waals surface area contributed by atoms with E-state index in [-0.39, 0.29) is 17.9 Å². The third kappa shape index (κ3) is 3.46. The summed E-state index contributed by atoms with van der Waals surface area (Å²) in [5.74, 6) is -0.782. The summed E-state index contributed by atoms with van der Waals surface area (Å²) < 4.78 is 10.6. The zero-order valence-corrected chi connectivity index (χ0v) is 20.1. The van der Waals surface area contributed by atoms with E-state index in [0.29, 0.717) is 23.1 Å². The molecule has 0 saturated carbocycles. The van der Waals surface area contributed by atoms with Gasteiger partial charge in [0.05, 0.1) is 29.4 Å². The third-order valence-corrected chi connectivity index (χ3v) is 6.81. The van der Waals surface area contributed by atoms with Gasteiger partial charge >= 0.3 is 17.3 Å². The Hall–Kier alpha value is -4.14. The molecule has 5 rings (SSSR count). The van der Waals surface area contributed by atoms with E-state index < -0.39 is 23.3 Å². The highest BCUT2D eigenvalue weighted by Gasteiger charge is 2.30. The molecule has 1 unspecified atom stereocenters. The van der Waals surface area contributed by atoms with Crippen molar-refractivity contribution in [1.82, 2.24) is 18.3 Å². The first-order valence-corrected chi connectivity index (χ1v) is 11.5. The van der Waals surface area contributed by atoms with Gasteiger partial charge in [-0.2, -0.15) is 0 Å². The average Bonchev–Trinajstić information content (AvgIpc) is 3.33. The van der Waals surface area contributed by atoms with E-state index >= 15 is 0 Å². The number of rotatable bonds is 4. The van der Waals surface area contributed by atoms with Gasteiger partial charge in [0, 0.05) is 20.3 Å². The number of aryl methyl sites for hydroxylation is 4. The summed E-state index contributed by atoms with van der Waals surface area (Å²) in [6.07, 6.45) is 2.55. The Kier molecular flexibility index (Phi) is 5.35. The molecular formula is C26H26N4O5. The minimum Gasteiger partial charge on any atom is -0.462 e. The number of ether oxygens (including phenoxy) is 1. The van der Waals surface area contributed by atoms with Crippen molar-refractivity contribution in [1.29, 1.82) is 0 Å². The standard InChI is InChI=1S/C26H26N4O5/c1-5-35-24(32)19-14-29(17-9-11-21-22(13-17)28(4)25(33)27(21)3)26(34)30(23(19)31)20-10-8-16-7-6-15(2)12-18(16)20/h6-7,9,11-14,20H,5,8,10H2,1-4H3. The average molecular weight is 475 g/mol. The number of aromatic nitrogens is 4. The summed E-state index contributed by atoms with van der Waals surface area (Å²) in [5.41, 5.74) is 3.16. The van der Waals surface area contributed by atoms with Gasteiger partial charge in [-0.3, -0.25) is 23.1 Å². The topological polar surface area (TPSA) is 97.2 Å². The van der Waals surface area contributed by atoms with Crippen molar-refractivity contribution in [2.45, 2.75) is 32.7 Å². The molecule has 9 nitrogen and oxygen atoms in total. The van der Waals surface area contributed by atoms with Crippen LogP contribution in [0.1, 0.15) is 46.4 Å². The molecule has 2 aromatic heterocycles. The SMILES string of the molecule is CCOC(=O)c1cn(-c2ccc3c(c2)n(C)c(=O)n3C)c(=O)n(C2CCc3ccc(C)cc32)c1=O. The lowest BCUT2D eigenvalue weighted by Crippen LogP contribution is -2.44. The lowest BCUT2D eigenvalue weighted by atomic mass is 10.0. The molecule has 0 amide bonds. The van der Waals surface area contributed by atoms with Crippen molar-refractivity contribution in [2.24, 2.45) is 14.1 Å². The lowest BCUT2D eigenvalue weighted by molar-refractivity contribution is 0.0522. The van der Waals surface area contributed by atoms with Crippen molar-refractivity contribution in [3.63, 3.8) is 0 Å². The molecule has 0 bridgehead atoms. The van der Waals surface area contributed by atoms with Gasteiger partial charge < -0.3 is 4.74 Å². The summed E-state index contributed by atoms with van der Waals surface area (Å²) in [6.45, 7) is 3.72. The number of hydrogen-bond donors (Lipinski definition) is 0. The Morgan fingerprint density at radius 1 is 1.00 bits per heavy atom. The minimum absolute atomic E-state index is 0.0982. The van der Waals surface area contributed by atoms with Gasteiger partial charge in [0.15, 0.2) is 0 Å². The Morgan fingerprint density at radius 2 is 1.74 bits per heavy atom. The van der Waals surface area contributed by atoms with E-state index in [4.69, 9.17) is 4.74 Å². The van der Waals surface area contributed by atoms with E-state index in [1.165, 1.54) is 24.5 Å². The van der Waals surface area contributed by atoms with E-state index in [0.717, 1.165) is 23.1 Å². The Labute approximate surface area is 200 Å². The highest BCUT2D eigenvalue weighted by Crippen LogP contribution is 2.33. The van der Waals surface area contributed by atoms with Crippen LogP contribution < -0.4 is 16.9 Å². The Morgan fingerprint density at radius 3 is 2.49 bits per heavy atom. The quantitative estimate of drug-likeness (QED) is 0.423. The van der Waals surface area contributed by atoms with Gasteiger partial charge in [0.1, 0.15) is 5.56 Å². The van der Waals surface area contributed by atoms with Gasteiger partial charge in [-0.25, -0.2) is 14.4 Å². The predicted molar refractivity (Wildman–Crippen MR) is 132 cm³/mol. The fourth-order valence-electron chi connectivity index (χ4n) is 4.99. The van der Waals surface area contributed by atoms with Crippen LogP contribution in [0.3, 0.4) is 0 Å². The number of hydrogen-bond acceptors (Lipinski definition) is 5. The molecular weight excluding hydrogens is 448 g/mol. The summed E-state index contributed by atoms with van der Waals surface area (Å²) in [5, 5.41) is 0. The number of nitrogens with zero attached hydrogens (tertiary/aromatic N) is 4. The minimum atomic E-state index is -0.782. The Balaban J connectivity index is 1.79. The first kappa shape index (κ1) is 22.6. The van der Waals surface area contributed by atoms with Crippen LogP contribution >= 0.6 is 0 Å². The fraction of sp³-hybridized carbons (Fsp3) is 0.308. The van der Waals surface area contributed by atoms with Crippen LogP contribution in [-0.4, -0.2) is 30.8 Å². The molecule has 1 atom stereocenters. The predicted octanol–water partition coefficient (Wildman–Crippen LogP) is 2.21. The van der Waals surface area contributed by atoms with Crippen molar-refractivity contribution < 1.29 is 9.53 Å². The largest absolute Gasteiger partial charge is 0.462 e. The van der Waals surface area contributed by atoms with E-state index in [1.807, 2.05) is 25.1 Å². The van der Waals surface area contributed by atoms with Gasteiger partial charge in [0.25, 0.3) is 5.56 Å². The molecule has 9 heteroatoms. The molecule has 0 saturated heterocycles. The zero-order chi connectivity index (χ0) is 25.0. The fourth-order valence-corrected chi connectivity index (χ4v) is 4.99. The van der Waals surface area contributed by atoms with Crippen LogP contribution in [0, 0.1) is 6.92 Å². The summed E-state index contributed by atoms with van der Waals surface area (Å²) in [6, 6.07) is 10.7. The van der Waals surface area contributed by atoms with Crippen LogP contribution in [0.25, 0.3) is 16.7 Å². The van der Waals surface area contributed by atoms with Crippen LogP contribution in [0.15, 0.2) is 57.0 Å². The molecule has 2 aromatic carbocycles. The summed E-state index contributed by atoms with van der Waals surface area (Å²) in [7, 11) is 3.33. The molecule has 35 heavy (non-hydrogen) atoms. The highest BCUT2D eigenvalue weighted by atomic mass is 16.5. The molecule has 1 aliphatic carbocycles. The summed E-state index contributed by atoms with van der Waals surface area (Å²) in [4.78, 5) is 52.4. The molecule has 0 radical (unpaired) electrons. The van der Waals surface area contributed by atoms with Crippen molar-refractivity contribution >= 4 is 17.0 Å². The zero-order valence-electron chi connectivity index (χ0n) is 20.1. The molecule has 1 aliphatic rings. The van der Waals surface area contributed by atoms with Gasteiger partial charge in [-0.05, 0) is 56.0 Å². The molecule has 0 fully saturated rings. The second-order valence-corrected chi connectivity index (χ2v) is 8.92. The van der Waals surface area contributed by atoms with Crippen molar-refractivity contribution in [3.8, 4) is 5.69 Å². The monoisotopic (exact) mass is 474 g/mol. The van der Waals surface area contributed by atoms with Crippen LogP contribution in [0.2, 0.25) is 0 Å². The van der Waals surface area contributed by atoms with Crippen LogP contribution in [0.4, 0.5) is 0 Å². The Bertz CT molecular complexity index is 1690. The molecule has 0 aliphatic heterocycles.